The van der Waals surface area contributed by atoms with Crippen LogP contribution in [0.4, 0.5) is 0 Å². The molecule has 142 valence electrons. The van der Waals surface area contributed by atoms with Gasteiger partial charge in [0, 0.05) is 31.7 Å². The Balaban J connectivity index is 1.57. The number of carbonyl (C=O) groups is 1. The number of nitrogens with zero attached hydrogens (tertiary/aromatic N) is 5. The van der Waals surface area contributed by atoms with E-state index in [2.05, 4.69) is 10.2 Å². The van der Waals surface area contributed by atoms with E-state index in [1.54, 1.807) is 6.07 Å². The number of aliphatic hydroxyl groups is 2. The van der Waals surface area contributed by atoms with Gasteiger partial charge >= 0.3 is 0 Å². The molecule has 3 heterocycles. The molecule has 1 aliphatic rings. The largest absolute Gasteiger partial charge is 0.393 e. The summed E-state index contributed by atoms with van der Waals surface area (Å²) in [4.78, 5) is 14.5. The van der Waals surface area contributed by atoms with Crippen LogP contribution in [0, 0.1) is 13.8 Å². The number of aryl methyl sites for hydroxylation is 4. The molecule has 2 N–H and O–H groups in total. The number of hydrogen-bond donors (Lipinski definition) is 2. The van der Waals surface area contributed by atoms with Crippen LogP contribution in [0.5, 0.6) is 0 Å². The zero-order valence-corrected chi connectivity index (χ0v) is 15.4. The molecule has 0 bridgehead atoms. The normalized spacial score (nSPS) is 15.6. The Labute approximate surface area is 153 Å². The molecule has 0 radical (unpaired) electrons. The van der Waals surface area contributed by atoms with Crippen LogP contribution in [0.3, 0.4) is 0 Å². The number of fused-ring (bicyclic) bond motifs is 1. The first kappa shape index (κ1) is 18.6. The van der Waals surface area contributed by atoms with Gasteiger partial charge in [0.25, 0.3) is 0 Å². The molecule has 26 heavy (non-hydrogen) atoms. The lowest BCUT2D eigenvalue weighted by Crippen LogP contribution is -2.30. The molecule has 2 aromatic heterocycles. The summed E-state index contributed by atoms with van der Waals surface area (Å²) in [6.45, 7) is 6.29. The number of amides is 1. The van der Waals surface area contributed by atoms with Crippen molar-refractivity contribution in [1.29, 1.82) is 0 Å². The molecule has 0 unspecified atom stereocenters. The molecule has 0 aliphatic carbocycles. The lowest BCUT2D eigenvalue weighted by atomic mass is 10.2. The highest BCUT2D eigenvalue weighted by Gasteiger charge is 2.22. The summed E-state index contributed by atoms with van der Waals surface area (Å²) in [5, 5.41) is 27.6. The molecule has 8 heteroatoms. The molecule has 2 aromatic rings. The third-order valence-electron chi connectivity index (χ3n) is 4.76. The monoisotopic (exact) mass is 361 g/mol. The molecule has 1 atom stereocenters. The third-order valence-corrected chi connectivity index (χ3v) is 4.76. The van der Waals surface area contributed by atoms with E-state index in [0.717, 1.165) is 36.5 Å². The van der Waals surface area contributed by atoms with E-state index in [0.29, 0.717) is 31.7 Å². The molecule has 0 saturated carbocycles. The van der Waals surface area contributed by atoms with Crippen LogP contribution in [-0.4, -0.2) is 53.7 Å². The summed E-state index contributed by atoms with van der Waals surface area (Å²) in [7, 11) is 0. The van der Waals surface area contributed by atoms with Gasteiger partial charge in [0.05, 0.1) is 30.2 Å². The Morgan fingerprint density at radius 3 is 2.77 bits per heavy atom. The van der Waals surface area contributed by atoms with Crippen molar-refractivity contribution in [3.8, 4) is 0 Å². The van der Waals surface area contributed by atoms with Gasteiger partial charge in [-0.25, -0.2) is 0 Å². The first-order chi connectivity index (χ1) is 12.5. The molecular weight excluding hydrogens is 334 g/mol. The van der Waals surface area contributed by atoms with E-state index in [1.165, 1.54) is 0 Å². The first-order valence-electron chi connectivity index (χ1n) is 9.12. The summed E-state index contributed by atoms with van der Waals surface area (Å²) >= 11 is 0. The zero-order valence-electron chi connectivity index (χ0n) is 15.4. The van der Waals surface area contributed by atoms with Gasteiger partial charge < -0.3 is 15.1 Å². The second-order valence-electron chi connectivity index (χ2n) is 6.90. The number of carbonyl (C=O) groups excluding carboxylic acids is 1. The summed E-state index contributed by atoms with van der Waals surface area (Å²) < 4.78 is 3.78. The number of aromatic nitrogens is 4. The van der Waals surface area contributed by atoms with Crippen LogP contribution < -0.4 is 0 Å². The maximum absolute atomic E-state index is 12.6. The minimum absolute atomic E-state index is 0.130. The SMILES string of the molecule is Cc1cc(C)n(CCCC(=O)N2CCCn3nc([C@@H](O)CO)cc3C2)n1. The van der Waals surface area contributed by atoms with Crippen molar-refractivity contribution >= 4 is 5.91 Å². The second-order valence-corrected chi connectivity index (χ2v) is 6.90. The van der Waals surface area contributed by atoms with Gasteiger partial charge in [-0.1, -0.05) is 0 Å². The Kier molecular flexibility index (Phi) is 5.73. The maximum atomic E-state index is 12.6. The summed E-state index contributed by atoms with van der Waals surface area (Å²) in [5.41, 5.74) is 3.47. The van der Waals surface area contributed by atoms with E-state index < -0.39 is 6.10 Å². The summed E-state index contributed by atoms with van der Waals surface area (Å²) in [6.07, 6.45) is 1.09. The van der Waals surface area contributed by atoms with Gasteiger partial charge in [-0.2, -0.15) is 10.2 Å². The Morgan fingerprint density at radius 2 is 2.08 bits per heavy atom. The van der Waals surface area contributed by atoms with E-state index in [9.17, 15) is 9.90 Å². The van der Waals surface area contributed by atoms with Crippen molar-refractivity contribution in [2.24, 2.45) is 0 Å². The highest BCUT2D eigenvalue weighted by Crippen LogP contribution is 2.19. The summed E-state index contributed by atoms with van der Waals surface area (Å²) in [5.74, 6) is 0.130. The average molecular weight is 361 g/mol. The predicted molar refractivity (Wildman–Crippen MR) is 95.2 cm³/mol. The van der Waals surface area contributed by atoms with Gasteiger partial charge in [0.2, 0.25) is 5.91 Å². The van der Waals surface area contributed by atoms with Crippen LogP contribution in [0.2, 0.25) is 0 Å². The van der Waals surface area contributed by atoms with Crippen LogP contribution in [0.1, 0.15) is 48.1 Å². The standard InChI is InChI=1S/C18H27N5O3/c1-13-9-14(2)22(19-13)7-3-5-18(26)21-6-4-8-23-15(11-21)10-16(20-23)17(25)12-24/h9-10,17,24-25H,3-8,11-12H2,1-2H3/t17-/m0/s1. The van der Waals surface area contributed by atoms with E-state index in [1.807, 2.05) is 34.2 Å². The molecule has 0 spiro atoms. The van der Waals surface area contributed by atoms with Crippen molar-refractivity contribution in [3.63, 3.8) is 0 Å². The lowest BCUT2D eigenvalue weighted by Gasteiger charge is -2.20. The first-order valence-corrected chi connectivity index (χ1v) is 9.12. The molecule has 1 amide bonds. The molecule has 1 aliphatic heterocycles. The number of hydrogen-bond acceptors (Lipinski definition) is 5. The number of rotatable bonds is 6. The van der Waals surface area contributed by atoms with Crippen molar-refractivity contribution < 1.29 is 15.0 Å². The van der Waals surface area contributed by atoms with Crippen LogP contribution in [-0.2, 0) is 24.4 Å². The summed E-state index contributed by atoms with van der Waals surface area (Å²) in [6, 6.07) is 3.82. The van der Waals surface area contributed by atoms with Crippen LogP contribution in [0.25, 0.3) is 0 Å². The Morgan fingerprint density at radius 1 is 1.27 bits per heavy atom. The molecule has 0 saturated heterocycles. The van der Waals surface area contributed by atoms with Gasteiger partial charge in [0.15, 0.2) is 0 Å². The fourth-order valence-electron chi connectivity index (χ4n) is 3.39. The molecule has 8 nitrogen and oxygen atoms in total. The van der Waals surface area contributed by atoms with Gasteiger partial charge in [-0.05, 0) is 38.8 Å². The van der Waals surface area contributed by atoms with E-state index in [-0.39, 0.29) is 12.5 Å². The maximum Gasteiger partial charge on any atom is 0.222 e. The Bertz CT molecular complexity index is 767. The molecular formula is C18H27N5O3. The molecule has 3 rings (SSSR count). The van der Waals surface area contributed by atoms with Crippen molar-refractivity contribution in [3.05, 3.63) is 34.9 Å². The third kappa shape index (κ3) is 4.13. The van der Waals surface area contributed by atoms with Crippen LogP contribution >= 0.6 is 0 Å². The quantitative estimate of drug-likeness (QED) is 0.798. The van der Waals surface area contributed by atoms with Crippen molar-refractivity contribution in [2.45, 2.75) is 58.8 Å². The minimum atomic E-state index is -0.973. The molecule has 0 aromatic carbocycles. The lowest BCUT2D eigenvalue weighted by molar-refractivity contribution is -0.132. The second kappa shape index (κ2) is 8.01. The van der Waals surface area contributed by atoms with Gasteiger partial charge in [-0.15, -0.1) is 0 Å². The molecule has 0 fully saturated rings. The highest BCUT2D eigenvalue weighted by atomic mass is 16.3. The van der Waals surface area contributed by atoms with Gasteiger partial charge in [-0.3, -0.25) is 14.2 Å². The van der Waals surface area contributed by atoms with E-state index >= 15 is 0 Å². The zero-order chi connectivity index (χ0) is 18.7. The topological polar surface area (TPSA) is 96.4 Å². The predicted octanol–water partition coefficient (Wildman–Crippen LogP) is 0.935. The fourth-order valence-corrected chi connectivity index (χ4v) is 3.39. The highest BCUT2D eigenvalue weighted by molar-refractivity contribution is 5.76. The van der Waals surface area contributed by atoms with Crippen molar-refractivity contribution in [2.75, 3.05) is 13.2 Å². The van der Waals surface area contributed by atoms with Gasteiger partial charge in [0.1, 0.15) is 6.10 Å². The number of aliphatic hydroxyl groups excluding tert-OH is 2. The minimum Gasteiger partial charge on any atom is -0.393 e. The Hall–Kier alpha value is -2.19. The average Bonchev–Trinajstić information content (AvgIpc) is 3.09. The fraction of sp³-hybridized carbons (Fsp3) is 0.611. The van der Waals surface area contributed by atoms with Crippen molar-refractivity contribution in [1.82, 2.24) is 24.5 Å². The van der Waals surface area contributed by atoms with E-state index in [4.69, 9.17) is 5.11 Å². The smallest absolute Gasteiger partial charge is 0.222 e. The van der Waals surface area contributed by atoms with Crippen LogP contribution in [0.15, 0.2) is 12.1 Å².